The van der Waals surface area contributed by atoms with Gasteiger partial charge < -0.3 is 15.0 Å². The van der Waals surface area contributed by atoms with Gasteiger partial charge in [-0.25, -0.2) is 13.4 Å². The lowest BCUT2D eigenvalue weighted by molar-refractivity contribution is -0.122. The molecular weight excluding hydrogens is 611 g/mol. The first-order chi connectivity index (χ1) is 20.3. The second-order valence-corrected chi connectivity index (χ2v) is 12.4. The molecule has 4 rings (SSSR count). The number of carbonyl (C=O) groups is 2. The number of para-hydroxylation sites is 1. The molecule has 0 aliphatic carbocycles. The van der Waals surface area contributed by atoms with Gasteiger partial charge >= 0.3 is 0 Å². The molecule has 0 saturated carbocycles. The van der Waals surface area contributed by atoms with Crippen molar-refractivity contribution in [3.05, 3.63) is 99.2 Å². The molecule has 2 N–H and O–H groups in total. The lowest BCUT2D eigenvalue weighted by Gasteiger charge is -2.21. The predicted octanol–water partition coefficient (Wildman–Crippen LogP) is 5.90. The molecule has 2 amide bonds. The third kappa shape index (κ3) is 8.25. The number of nitrogens with zero attached hydrogens (tertiary/aromatic N) is 2. The highest BCUT2D eigenvalue weighted by Gasteiger charge is 2.19. The van der Waals surface area contributed by atoms with Gasteiger partial charge in [-0.3, -0.25) is 14.3 Å². The van der Waals surface area contributed by atoms with E-state index in [0.717, 1.165) is 22.9 Å². The molecule has 0 saturated heterocycles. The van der Waals surface area contributed by atoms with Crippen LogP contribution >= 0.6 is 23.2 Å². The maximum absolute atomic E-state index is 12.9. The Labute approximate surface area is 260 Å². The number of pyridine rings is 1. The first-order valence-corrected chi connectivity index (χ1v) is 15.7. The number of halogens is 2. The third-order valence-electron chi connectivity index (χ3n) is 6.48. The smallest absolute Gasteiger partial charge is 0.246 e. The van der Waals surface area contributed by atoms with E-state index in [2.05, 4.69) is 15.0 Å². The number of carbonyl (C=O) groups excluding carboxylic acids is 2. The van der Waals surface area contributed by atoms with Gasteiger partial charge in [0.25, 0.3) is 0 Å². The second kappa shape index (κ2) is 13.5. The average molecular weight is 642 g/mol. The van der Waals surface area contributed by atoms with Gasteiger partial charge in [-0.2, -0.15) is 0 Å². The van der Waals surface area contributed by atoms with E-state index in [0.29, 0.717) is 38.8 Å². The zero-order valence-corrected chi connectivity index (χ0v) is 26.3. The number of fused-ring (bicyclic) bond motifs is 1. The Kier molecular flexibility index (Phi) is 9.95. The number of hydrogen-bond acceptors (Lipinski definition) is 6. The van der Waals surface area contributed by atoms with Crippen molar-refractivity contribution in [1.29, 1.82) is 0 Å². The summed E-state index contributed by atoms with van der Waals surface area (Å²) in [4.78, 5) is 31.2. The first kappa shape index (κ1) is 31.8. The molecule has 0 atom stereocenters. The van der Waals surface area contributed by atoms with Crippen molar-refractivity contribution in [2.45, 2.75) is 20.5 Å². The van der Waals surface area contributed by atoms with Crippen molar-refractivity contribution in [1.82, 2.24) is 10.3 Å². The molecular formula is C31H30Cl2N4O5S. The number of ether oxygens (including phenoxy) is 1. The van der Waals surface area contributed by atoms with Crippen LogP contribution in [0.4, 0.5) is 11.4 Å². The van der Waals surface area contributed by atoms with E-state index >= 15 is 0 Å². The van der Waals surface area contributed by atoms with Crippen LogP contribution in [0.25, 0.3) is 17.0 Å². The molecule has 12 heteroatoms. The molecule has 3 aromatic carbocycles. The molecule has 0 aliphatic heterocycles. The second-order valence-electron chi connectivity index (χ2n) is 9.88. The van der Waals surface area contributed by atoms with Crippen LogP contribution in [0, 0.1) is 13.8 Å². The van der Waals surface area contributed by atoms with Crippen LogP contribution in [0.15, 0.2) is 66.7 Å². The van der Waals surface area contributed by atoms with Gasteiger partial charge in [0.15, 0.2) is 0 Å². The van der Waals surface area contributed by atoms with Crippen LogP contribution in [0.2, 0.25) is 10.0 Å². The fourth-order valence-electron chi connectivity index (χ4n) is 4.21. The Morgan fingerprint density at radius 2 is 1.81 bits per heavy atom. The minimum absolute atomic E-state index is 0.0502. The summed E-state index contributed by atoms with van der Waals surface area (Å²) in [7, 11) is -1.85. The minimum Gasteiger partial charge on any atom is -0.487 e. The topological polar surface area (TPSA) is 118 Å². The molecule has 1 aromatic heterocycles. The lowest BCUT2D eigenvalue weighted by Crippen LogP contribution is -2.37. The lowest BCUT2D eigenvalue weighted by atomic mass is 10.1. The first-order valence-electron chi connectivity index (χ1n) is 13.1. The highest BCUT2D eigenvalue weighted by Crippen LogP contribution is 2.35. The number of aromatic nitrogens is 1. The van der Waals surface area contributed by atoms with Crippen molar-refractivity contribution in [2.24, 2.45) is 0 Å². The van der Waals surface area contributed by atoms with Crippen molar-refractivity contribution >= 4 is 73.4 Å². The minimum atomic E-state index is -3.40. The molecule has 0 unspecified atom stereocenters. The molecule has 0 spiro atoms. The number of nitrogens with one attached hydrogen (secondary N) is 2. The number of sulfonamides is 1. The van der Waals surface area contributed by atoms with Crippen molar-refractivity contribution in [3.8, 4) is 5.75 Å². The van der Waals surface area contributed by atoms with Crippen LogP contribution in [0.3, 0.4) is 0 Å². The molecule has 0 bridgehead atoms. The van der Waals surface area contributed by atoms with Gasteiger partial charge in [0, 0.05) is 34.8 Å². The van der Waals surface area contributed by atoms with E-state index in [9.17, 15) is 18.0 Å². The fraction of sp³-hybridized carbons (Fsp3) is 0.194. The summed E-state index contributed by atoms with van der Waals surface area (Å²) in [5.41, 5.74) is 4.32. The largest absolute Gasteiger partial charge is 0.487 e. The summed E-state index contributed by atoms with van der Waals surface area (Å²) in [6.45, 7) is 3.43. The summed E-state index contributed by atoms with van der Waals surface area (Å²) < 4.78 is 31.4. The summed E-state index contributed by atoms with van der Waals surface area (Å²) in [5, 5.41) is 4.14. The molecule has 0 aliphatic rings. The fourth-order valence-corrected chi connectivity index (χ4v) is 5.45. The number of hydrogen-bond donors (Lipinski definition) is 2. The summed E-state index contributed by atoms with van der Waals surface area (Å²) in [6.07, 6.45) is 3.93. The van der Waals surface area contributed by atoms with Crippen molar-refractivity contribution in [3.63, 3.8) is 0 Å². The predicted molar refractivity (Wildman–Crippen MR) is 172 cm³/mol. The normalized spacial score (nSPS) is 11.5. The Balaban J connectivity index is 1.39. The Bertz CT molecular complexity index is 1840. The number of aryl methyl sites for hydroxylation is 2. The van der Waals surface area contributed by atoms with Gasteiger partial charge in [0.1, 0.15) is 17.9 Å². The van der Waals surface area contributed by atoms with Gasteiger partial charge in [0.05, 0.1) is 29.2 Å². The van der Waals surface area contributed by atoms with Crippen molar-refractivity contribution in [2.75, 3.05) is 29.5 Å². The summed E-state index contributed by atoms with van der Waals surface area (Å²) >= 11 is 13.1. The molecule has 43 heavy (non-hydrogen) atoms. The van der Waals surface area contributed by atoms with Crippen LogP contribution < -0.4 is 19.7 Å². The zero-order valence-electron chi connectivity index (χ0n) is 23.9. The van der Waals surface area contributed by atoms with Crippen LogP contribution in [-0.2, 0) is 26.2 Å². The van der Waals surface area contributed by atoms with E-state index in [-0.39, 0.29) is 18.2 Å². The Morgan fingerprint density at radius 3 is 2.53 bits per heavy atom. The molecule has 0 fully saturated rings. The van der Waals surface area contributed by atoms with E-state index in [1.165, 1.54) is 11.0 Å². The molecule has 9 nitrogen and oxygen atoms in total. The highest BCUT2D eigenvalue weighted by atomic mass is 35.5. The molecule has 1 heterocycles. The number of benzene rings is 3. The Hall–Kier alpha value is -4.12. The highest BCUT2D eigenvalue weighted by molar-refractivity contribution is 7.92. The maximum Gasteiger partial charge on any atom is 0.246 e. The van der Waals surface area contributed by atoms with E-state index in [1.54, 1.807) is 50.4 Å². The van der Waals surface area contributed by atoms with Crippen molar-refractivity contribution < 1.29 is 22.7 Å². The number of amides is 2. The monoisotopic (exact) mass is 640 g/mol. The summed E-state index contributed by atoms with van der Waals surface area (Å²) in [6, 6.07) is 17.8. The van der Waals surface area contributed by atoms with E-state index < -0.39 is 21.8 Å². The molecule has 4 aromatic rings. The van der Waals surface area contributed by atoms with Gasteiger partial charge in [-0.1, -0.05) is 47.5 Å². The summed E-state index contributed by atoms with van der Waals surface area (Å²) in [5.74, 6) is -0.304. The van der Waals surface area contributed by atoms with Gasteiger partial charge in [-0.05, 0) is 67.4 Å². The maximum atomic E-state index is 12.9. The zero-order chi connectivity index (χ0) is 31.3. The standard InChI is InChI=1S/C31H30Cl2N4O5S/c1-19-16-21(9-13-25(19)36-43(4,40)41)10-15-28(38)34-17-29(39)37(3)26-14-12-24(32)23(30(26)33)18-42-27-7-5-6-22-11-8-20(2)35-31(22)27/h5-16,36H,17-18H2,1-4H3,(H,34,38)/b15-10+. The van der Waals surface area contributed by atoms with Gasteiger partial charge in [-0.15, -0.1) is 0 Å². The Morgan fingerprint density at radius 1 is 1.05 bits per heavy atom. The quantitative estimate of drug-likeness (QED) is 0.208. The van der Waals surface area contributed by atoms with E-state index in [1.807, 2.05) is 37.3 Å². The molecule has 0 radical (unpaired) electrons. The van der Waals surface area contributed by atoms with E-state index in [4.69, 9.17) is 27.9 Å². The number of likely N-dealkylation sites (N-methyl/N-ethyl adjacent to an activating group) is 1. The molecule has 224 valence electrons. The average Bonchev–Trinajstić information content (AvgIpc) is 2.95. The number of rotatable bonds is 10. The SMILES string of the molecule is Cc1ccc2cccc(OCc3c(Cl)ccc(N(C)C(=O)CNC(=O)/C=C/c4ccc(NS(C)(=O)=O)c(C)c4)c3Cl)c2n1. The van der Waals surface area contributed by atoms with Gasteiger partial charge in [0.2, 0.25) is 21.8 Å². The number of anilines is 2. The van der Waals surface area contributed by atoms with Crippen LogP contribution in [0.1, 0.15) is 22.4 Å². The third-order valence-corrected chi connectivity index (χ3v) is 7.85. The van der Waals surface area contributed by atoms with Crippen LogP contribution in [0.5, 0.6) is 5.75 Å². The van der Waals surface area contributed by atoms with Crippen LogP contribution in [-0.4, -0.2) is 45.1 Å².